The number of halogens is 1. The van der Waals surface area contributed by atoms with Gasteiger partial charge in [-0.25, -0.2) is 9.97 Å². The minimum Gasteiger partial charge on any atom is -0.485 e. The predicted molar refractivity (Wildman–Crippen MR) is 76.7 cm³/mol. The van der Waals surface area contributed by atoms with Crippen molar-refractivity contribution in [2.24, 2.45) is 5.41 Å². The van der Waals surface area contributed by atoms with Crippen molar-refractivity contribution in [3.8, 4) is 5.75 Å². The van der Waals surface area contributed by atoms with E-state index in [0.717, 1.165) is 11.8 Å². The molecule has 1 aromatic heterocycles. The third-order valence-corrected chi connectivity index (χ3v) is 3.15. The van der Waals surface area contributed by atoms with E-state index < -0.39 is 11.5 Å². The lowest BCUT2D eigenvalue weighted by Crippen LogP contribution is -2.28. The van der Waals surface area contributed by atoms with E-state index in [4.69, 9.17) is 16.3 Å². The lowest BCUT2D eigenvalue weighted by Gasteiger charge is -2.29. The summed E-state index contributed by atoms with van der Waals surface area (Å²) in [5.41, 5.74) is 0.0251. The van der Waals surface area contributed by atoms with E-state index in [1.165, 1.54) is 6.33 Å². The third-order valence-electron chi connectivity index (χ3n) is 2.91. The summed E-state index contributed by atoms with van der Waals surface area (Å²) in [4.78, 5) is 19.3. The Labute approximate surface area is 122 Å². The molecule has 0 radical (unpaired) electrons. The maximum atomic E-state index is 11.4. The van der Waals surface area contributed by atoms with Gasteiger partial charge in [0.25, 0.3) is 0 Å². The molecule has 2 aromatic rings. The van der Waals surface area contributed by atoms with Gasteiger partial charge in [0.05, 0.1) is 5.41 Å². The molecule has 1 aromatic carbocycles. The first-order chi connectivity index (χ1) is 9.53. The summed E-state index contributed by atoms with van der Waals surface area (Å²) in [6.07, 6.45) is 5.11. The van der Waals surface area contributed by atoms with Crippen LogP contribution in [0.15, 0.2) is 43.0 Å². The van der Waals surface area contributed by atoms with Crippen LogP contribution in [0.25, 0.3) is 0 Å². The highest BCUT2D eigenvalue weighted by Crippen LogP contribution is 2.35. The molecular formula is C15H15ClN2O2. The van der Waals surface area contributed by atoms with Gasteiger partial charge in [0.15, 0.2) is 0 Å². The van der Waals surface area contributed by atoms with Crippen molar-refractivity contribution in [2.75, 3.05) is 0 Å². The minimum absolute atomic E-state index is 0.486. The lowest BCUT2D eigenvalue weighted by atomic mass is 9.85. The van der Waals surface area contributed by atoms with Gasteiger partial charge in [0.2, 0.25) is 0 Å². The first-order valence-electron chi connectivity index (χ1n) is 6.16. The summed E-state index contributed by atoms with van der Waals surface area (Å²) >= 11 is 5.95. The van der Waals surface area contributed by atoms with Gasteiger partial charge in [-0.1, -0.05) is 17.7 Å². The van der Waals surface area contributed by atoms with Crippen molar-refractivity contribution in [3.05, 3.63) is 53.6 Å². The van der Waals surface area contributed by atoms with Crippen LogP contribution >= 0.6 is 11.6 Å². The smallest absolute Gasteiger partial charge is 0.138 e. The van der Waals surface area contributed by atoms with Crippen molar-refractivity contribution in [1.82, 2.24) is 9.97 Å². The molecule has 0 aliphatic rings. The molecular weight excluding hydrogens is 276 g/mol. The maximum absolute atomic E-state index is 11.4. The molecule has 1 heterocycles. The van der Waals surface area contributed by atoms with Crippen LogP contribution in [-0.4, -0.2) is 16.3 Å². The van der Waals surface area contributed by atoms with Crippen LogP contribution in [0.3, 0.4) is 0 Å². The second-order valence-corrected chi connectivity index (χ2v) is 5.50. The summed E-state index contributed by atoms with van der Waals surface area (Å²) in [6, 6.07) is 7.06. The van der Waals surface area contributed by atoms with Crippen molar-refractivity contribution >= 4 is 17.9 Å². The molecule has 0 saturated carbocycles. The lowest BCUT2D eigenvalue weighted by molar-refractivity contribution is -0.119. The Balaban J connectivity index is 2.35. The Bertz CT molecular complexity index is 587. The molecule has 5 heteroatoms. The van der Waals surface area contributed by atoms with Crippen LogP contribution in [0, 0.1) is 5.41 Å². The zero-order valence-electron chi connectivity index (χ0n) is 11.3. The van der Waals surface area contributed by atoms with E-state index in [1.807, 2.05) is 13.8 Å². The maximum Gasteiger partial charge on any atom is 0.138 e. The molecule has 0 saturated heterocycles. The fraction of sp³-hybridized carbons (Fsp3) is 0.267. The van der Waals surface area contributed by atoms with Crippen LogP contribution in [0.5, 0.6) is 5.75 Å². The number of rotatable bonds is 5. The second-order valence-electron chi connectivity index (χ2n) is 5.07. The van der Waals surface area contributed by atoms with E-state index in [1.54, 1.807) is 36.7 Å². The fourth-order valence-electron chi connectivity index (χ4n) is 1.83. The SMILES string of the molecule is CC(C)(C=O)C(Oc1cccc(Cl)c1)c1cncnc1. The molecule has 20 heavy (non-hydrogen) atoms. The van der Waals surface area contributed by atoms with Crippen molar-refractivity contribution in [2.45, 2.75) is 20.0 Å². The predicted octanol–water partition coefficient (Wildman–Crippen LogP) is 3.48. The number of benzene rings is 1. The average molecular weight is 291 g/mol. The van der Waals surface area contributed by atoms with Gasteiger partial charge >= 0.3 is 0 Å². The summed E-state index contributed by atoms with van der Waals surface area (Å²) in [5, 5.41) is 0.578. The zero-order valence-corrected chi connectivity index (χ0v) is 12.0. The van der Waals surface area contributed by atoms with Crippen molar-refractivity contribution in [3.63, 3.8) is 0 Å². The van der Waals surface area contributed by atoms with Crippen LogP contribution in [0.2, 0.25) is 5.02 Å². The highest BCUT2D eigenvalue weighted by molar-refractivity contribution is 6.30. The molecule has 104 valence electrons. The molecule has 0 aliphatic heterocycles. The summed E-state index contributed by atoms with van der Waals surface area (Å²) in [7, 11) is 0. The van der Waals surface area contributed by atoms with E-state index in [9.17, 15) is 4.79 Å². The Kier molecular flexibility index (Phi) is 4.35. The number of carbonyl (C=O) groups excluding carboxylic acids is 1. The molecule has 2 rings (SSSR count). The highest BCUT2D eigenvalue weighted by Gasteiger charge is 2.33. The summed E-state index contributed by atoms with van der Waals surface area (Å²) in [5.74, 6) is 0.598. The topological polar surface area (TPSA) is 52.1 Å². The Morgan fingerprint density at radius 2 is 2.00 bits per heavy atom. The number of ether oxygens (including phenoxy) is 1. The van der Waals surface area contributed by atoms with Gasteiger partial charge in [-0.2, -0.15) is 0 Å². The Hall–Kier alpha value is -1.94. The normalized spacial score (nSPS) is 12.8. The van der Waals surface area contributed by atoms with Crippen LogP contribution in [-0.2, 0) is 4.79 Å². The number of hydrogen-bond donors (Lipinski definition) is 0. The molecule has 1 unspecified atom stereocenters. The van der Waals surface area contributed by atoms with E-state index >= 15 is 0 Å². The fourth-order valence-corrected chi connectivity index (χ4v) is 2.01. The molecule has 0 fully saturated rings. The van der Waals surface area contributed by atoms with Crippen LogP contribution in [0.4, 0.5) is 0 Å². The van der Waals surface area contributed by atoms with Gasteiger partial charge in [0.1, 0.15) is 24.5 Å². The number of carbonyl (C=O) groups is 1. The summed E-state index contributed by atoms with van der Waals surface area (Å²) < 4.78 is 5.94. The number of aromatic nitrogens is 2. The van der Waals surface area contributed by atoms with E-state index in [2.05, 4.69) is 9.97 Å². The monoisotopic (exact) mass is 290 g/mol. The molecule has 0 bridgehead atoms. The van der Waals surface area contributed by atoms with Crippen LogP contribution < -0.4 is 4.74 Å². The number of hydrogen-bond acceptors (Lipinski definition) is 4. The first kappa shape index (κ1) is 14.5. The molecule has 4 nitrogen and oxygen atoms in total. The average Bonchev–Trinajstić information content (AvgIpc) is 2.45. The number of aldehydes is 1. The molecule has 1 atom stereocenters. The minimum atomic E-state index is -0.715. The standard InChI is InChI=1S/C15H15ClN2O2/c1-15(2,9-19)14(11-7-17-10-18-8-11)20-13-5-3-4-12(16)6-13/h3-10,14H,1-2H3. The van der Waals surface area contributed by atoms with Gasteiger partial charge in [0, 0.05) is 23.0 Å². The molecule has 0 spiro atoms. The van der Waals surface area contributed by atoms with Crippen molar-refractivity contribution < 1.29 is 9.53 Å². The van der Waals surface area contributed by atoms with Gasteiger partial charge < -0.3 is 9.53 Å². The second kappa shape index (κ2) is 6.01. The first-order valence-corrected chi connectivity index (χ1v) is 6.54. The van der Waals surface area contributed by atoms with Gasteiger partial charge in [-0.3, -0.25) is 0 Å². The third kappa shape index (κ3) is 3.33. The highest BCUT2D eigenvalue weighted by atomic mass is 35.5. The quantitative estimate of drug-likeness (QED) is 0.791. The van der Waals surface area contributed by atoms with Crippen LogP contribution in [0.1, 0.15) is 25.5 Å². The Morgan fingerprint density at radius 3 is 2.60 bits per heavy atom. The Morgan fingerprint density at radius 1 is 1.30 bits per heavy atom. The number of nitrogens with zero attached hydrogens (tertiary/aromatic N) is 2. The molecule has 0 N–H and O–H groups in total. The van der Waals surface area contributed by atoms with E-state index in [-0.39, 0.29) is 0 Å². The van der Waals surface area contributed by atoms with Gasteiger partial charge in [-0.05, 0) is 32.0 Å². The summed E-state index contributed by atoms with van der Waals surface area (Å²) in [6.45, 7) is 3.62. The molecule has 0 aliphatic carbocycles. The molecule has 0 amide bonds. The van der Waals surface area contributed by atoms with E-state index in [0.29, 0.717) is 10.8 Å². The van der Waals surface area contributed by atoms with Gasteiger partial charge in [-0.15, -0.1) is 0 Å². The van der Waals surface area contributed by atoms with Crippen molar-refractivity contribution in [1.29, 1.82) is 0 Å². The zero-order chi connectivity index (χ0) is 14.6. The largest absolute Gasteiger partial charge is 0.485 e.